The van der Waals surface area contributed by atoms with Gasteiger partial charge in [0.05, 0.1) is 10.6 Å². The average molecular weight is 278 g/mol. The zero-order valence-corrected chi connectivity index (χ0v) is 12.7. The first-order valence-electron chi connectivity index (χ1n) is 6.67. The van der Waals surface area contributed by atoms with Crippen molar-refractivity contribution in [1.82, 2.24) is 0 Å². The van der Waals surface area contributed by atoms with Gasteiger partial charge in [-0.3, -0.25) is 4.79 Å². The van der Waals surface area contributed by atoms with Crippen LogP contribution in [0, 0.1) is 0 Å². The number of hydrogen-bond acceptors (Lipinski definition) is 2. The van der Waals surface area contributed by atoms with Gasteiger partial charge in [0.25, 0.3) is 0 Å². The number of benzene rings is 1. The maximum atomic E-state index is 11.0. The highest BCUT2D eigenvalue weighted by Gasteiger charge is 2.31. The zero-order chi connectivity index (χ0) is 14.2. The van der Waals surface area contributed by atoms with Gasteiger partial charge in [0.2, 0.25) is 0 Å². The third kappa shape index (κ3) is 2.42. The summed E-state index contributed by atoms with van der Waals surface area (Å²) in [5.41, 5.74) is 3.97. The quantitative estimate of drug-likeness (QED) is 0.755. The van der Waals surface area contributed by atoms with Crippen molar-refractivity contribution in [3.8, 4) is 0 Å². The topological polar surface area (TPSA) is 20.3 Å². The molecule has 1 aromatic carbocycles. The molecule has 102 valence electrons. The van der Waals surface area contributed by atoms with Gasteiger partial charge < -0.3 is 4.90 Å². The zero-order valence-electron chi connectivity index (χ0n) is 12.0. The first kappa shape index (κ1) is 14.1. The van der Waals surface area contributed by atoms with Crippen LogP contribution in [0.4, 0.5) is 5.69 Å². The summed E-state index contributed by atoms with van der Waals surface area (Å²) in [5, 5.41) is 0.528. The van der Waals surface area contributed by atoms with Gasteiger partial charge in [0.1, 0.15) is 0 Å². The number of halogens is 1. The van der Waals surface area contributed by atoms with Gasteiger partial charge in [-0.25, -0.2) is 0 Å². The molecule has 0 radical (unpaired) electrons. The second-order valence-electron chi connectivity index (χ2n) is 5.64. The number of carbonyl (C=O) groups excluding carboxylic acids is 1. The van der Waals surface area contributed by atoms with Gasteiger partial charge in [0, 0.05) is 23.4 Å². The fourth-order valence-corrected chi connectivity index (χ4v) is 3.04. The van der Waals surface area contributed by atoms with Gasteiger partial charge in [-0.15, -0.1) is 0 Å². The van der Waals surface area contributed by atoms with Gasteiger partial charge in [-0.1, -0.05) is 24.6 Å². The standard InChI is InChI=1S/C16H20ClNO/c1-5-6-18-15-8-14(17)12(10-19)7-13(15)11(2)9-16(18,3)4/h7-10H,5-6H2,1-4H3. The maximum absolute atomic E-state index is 11.0. The number of rotatable bonds is 3. The molecule has 0 unspecified atom stereocenters. The van der Waals surface area contributed by atoms with Gasteiger partial charge in [-0.05, 0) is 44.9 Å². The smallest absolute Gasteiger partial charge is 0.151 e. The van der Waals surface area contributed by atoms with Crippen LogP contribution in [0.1, 0.15) is 50.0 Å². The van der Waals surface area contributed by atoms with E-state index in [-0.39, 0.29) is 5.54 Å². The molecule has 19 heavy (non-hydrogen) atoms. The Labute approximate surface area is 120 Å². The van der Waals surface area contributed by atoms with Crippen LogP contribution in [0.25, 0.3) is 5.57 Å². The minimum absolute atomic E-state index is 0.0287. The van der Waals surface area contributed by atoms with Crippen LogP contribution < -0.4 is 4.90 Å². The third-order valence-electron chi connectivity index (χ3n) is 3.67. The van der Waals surface area contributed by atoms with E-state index in [1.807, 2.05) is 12.1 Å². The average Bonchev–Trinajstić information content (AvgIpc) is 2.33. The minimum atomic E-state index is -0.0287. The van der Waals surface area contributed by atoms with E-state index >= 15 is 0 Å². The van der Waals surface area contributed by atoms with Crippen molar-refractivity contribution in [3.63, 3.8) is 0 Å². The summed E-state index contributed by atoms with van der Waals surface area (Å²) in [5.74, 6) is 0. The van der Waals surface area contributed by atoms with E-state index < -0.39 is 0 Å². The first-order chi connectivity index (χ1) is 8.90. The largest absolute Gasteiger partial charge is 0.362 e. The van der Waals surface area contributed by atoms with E-state index in [1.54, 1.807) is 0 Å². The number of hydrogen-bond donors (Lipinski definition) is 0. The summed E-state index contributed by atoms with van der Waals surface area (Å²) < 4.78 is 0. The summed E-state index contributed by atoms with van der Waals surface area (Å²) >= 11 is 6.19. The van der Waals surface area contributed by atoms with E-state index in [2.05, 4.69) is 38.7 Å². The van der Waals surface area contributed by atoms with Crippen LogP contribution in [-0.4, -0.2) is 18.4 Å². The van der Waals surface area contributed by atoms with E-state index in [1.165, 1.54) is 5.57 Å². The van der Waals surface area contributed by atoms with Crippen molar-refractivity contribution in [2.45, 2.75) is 39.7 Å². The molecular formula is C16H20ClNO. The minimum Gasteiger partial charge on any atom is -0.362 e. The van der Waals surface area contributed by atoms with Crippen LogP contribution in [0.3, 0.4) is 0 Å². The molecule has 1 heterocycles. The molecule has 0 amide bonds. The molecule has 0 aromatic heterocycles. The summed E-state index contributed by atoms with van der Waals surface area (Å²) in [6.07, 6.45) is 4.15. The second kappa shape index (κ2) is 5.01. The lowest BCUT2D eigenvalue weighted by Gasteiger charge is -2.43. The van der Waals surface area contributed by atoms with E-state index in [4.69, 9.17) is 11.6 Å². The lowest BCUT2D eigenvalue weighted by molar-refractivity contribution is 0.112. The van der Waals surface area contributed by atoms with Crippen molar-refractivity contribution in [1.29, 1.82) is 0 Å². The third-order valence-corrected chi connectivity index (χ3v) is 4.00. The van der Waals surface area contributed by atoms with Crippen molar-refractivity contribution in [2.24, 2.45) is 0 Å². The SMILES string of the molecule is CCCN1c2cc(Cl)c(C=O)cc2C(C)=CC1(C)C. The monoisotopic (exact) mass is 277 g/mol. The summed E-state index contributed by atoms with van der Waals surface area (Å²) in [6.45, 7) is 9.64. The first-order valence-corrected chi connectivity index (χ1v) is 7.04. The Kier molecular flexibility index (Phi) is 3.73. The molecule has 1 aromatic rings. The molecular weight excluding hydrogens is 258 g/mol. The Balaban J connectivity index is 2.65. The predicted molar refractivity (Wildman–Crippen MR) is 82.2 cm³/mol. The van der Waals surface area contributed by atoms with Crippen LogP contribution >= 0.6 is 11.6 Å². The summed E-state index contributed by atoms with van der Waals surface area (Å²) in [7, 11) is 0. The van der Waals surface area contributed by atoms with Crippen molar-refractivity contribution >= 4 is 29.1 Å². The van der Waals surface area contributed by atoms with Crippen LogP contribution in [-0.2, 0) is 0 Å². The number of anilines is 1. The molecule has 1 aliphatic rings. The molecule has 0 aliphatic carbocycles. The highest BCUT2D eigenvalue weighted by molar-refractivity contribution is 6.33. The molecule has 2 rings (SSSR count). The lowest BCUT2D eigenvalue weighted by atomic mass is 9.88. The number of nitrogens with zero attached hydrogens (tertiary/aromatic N) is 1. The highest BCUT2D eigenvalue weighted by atomic mass is 35.5. The predicted octanol–water partition coefficient (Wildman–Crippen LogP) is 4.56. The fourth-order valence-electron chi connectivity index (χ4n) is 2.84. The Morgan fingerprint density at radius 3 is 2.63 bits per heavy atom. The molecule has 0 atom stereocenters. The van der Waals surface area contributed by atoms with Crippen LogP contribution in [0.15, 0.2) is 18.2 Å². The van der Waals surface area contributed by atoms with Gasteiger partial charge in [0.15, 0.2) is 6.29 Å². The number of carbonyl (C=O) groups is 1. The molecule has 0 bridgehead atoms. The number of aldehydes is 1. The second-order valence-corrected chi connectivity index (χ2v) is 6.05. The molecule has 3 heteroatoms. The number of fused-ring (bicyclic) bond motifs is 1. The Morgan fingerprint density at radius 2 is 2.05 bits per heavy atom. The van der Waals surface area contributed by atoms with E-state index in [9.17, 15) is 4.79 Å². The Morgan fingerprint density at radius 1 is 1.37 bits per heavy atom. The van der Waals surface area contributed by atoms with E-state index in [0.717, 1.165) is 30.5 Å². The van der Waals surface area contributed by atoms with Crippen molar-refractivity contribution < 1.29 is 4.79 Å². The highest BCUT2D eigenvalue weighted by Crippen LogP contribution is 2.41. The van der Waals surface area contributed by atoms with Gasteiger partial charge in [-0.2, -0.15) is 0 Å². The molecule has 0 N–H and O–H groups in total. The van der Waals surface area contributed by atoms with E-state index in [0.29, 0.717) is 10.6 Å². The van der Waals surface area contributed by atoms with Crippen molar-refractivity contribution in [2.75, 3.05) is 11.4 Å². The molecule has 0 spiro atoms. The van der Waals surface area contributed by atoms with Crippen molar-refractivity contribution in [3.05, 3.63) is 34.4 Å². The fraction of sp³-hybridized carbons (Fsp3) is 0.438. The molecule has 1 aliphatic heterocycles. The maximum Gasteiger partial charge on any atom is 0.151 e. The molecule has 2 nitrogen and oxygen atoms in total. The normalized spacial score (nSPS) is 16.9. The molecule has 0 saturated heterocycles. The number of allylic oxidation sites excluding steroid dienone is 1. The molecule has 0 fully saturated rings. The van der Waals surface area contributed by atoms with Crippen LogP contribution in [0.5, 0.6) is 0 Å². The Hall–Kier alpha value is -1.28. The summed E-state index contributed by atoms with van der Waals surface area (Å²) in [4.78, 5) is 13.4. The Bertz CT molecular complexity index is 546. The lowest BCUT2D eigenvalue weighted by Crippen LogP contribution is -2.45. The van der Waals surface area contributed by atoms with Crippen LogP contribution in [0.2, 0.25) is 5.02 Å². The molecule has 0 saturated carbocycles. The van der Waals surface area contributed by atoms with Gasteiger partial charge >= 0.3 is 0 Å². The summed E-state index contributed by atoms with van der Waals surface area (Å²) in [6, 6.07) is 3.82.